The van der Waals surface area contributed by atoms with E-state index >= 15 is 0 Å². The average Bonchev–Trinajstić information content (AvgIpc) is 2.62. The predicted molar refractivity (Wildman–Crippen MR) is 79.3 cm³/mol. The highest BCUT2D eigenvalue weighted by atomic mass is 16.5. The molecule has 3 rings (SSSR count). The third kappa shape index (κ3) is 3.59. The molecule has 0 aliphatic carbocycles. The SMILES string of the molecule is O=C(C1CCCN(C(=O)C2COCCN2)C1)N1CCOCC1. The number of likely N-dealkylation sites (tertiary alicyclic amines) is 1. The predicted octanol–water partition coefficient (Wildman–Crippen LogP) is -0.928. The molecule has 3 heterocycles. The zero-order valence-electron chi connectivity index (χ0n) is 13.0. The first kappa shape index (κ1) is 15.7. The molecule has 3 fully saturated rings. The first-order valence-corrected chi connectivity index (χ1v) is 8.22. The summed E-state index contributed by atoms with van der Waals surface area (Å²) >= 11 is 0. The number of nitrogens with zero attached hydrogens (tertiary/aromatic N) is 2. The van der Waals surface area contributed by atoms with Crippen LogP contribution in [0.5, 0.6) is 0 Å². The fourth-order valence-electron chi connectivity index (χ4n) is 3.37. The van der Waals surface area contributed by atoms with E-state index in [1.807, 2.05) is 9.80 Å². The maximum Gasteiger partial charge on any atom is 0.242 e. The summed E-state index contributed by atoms with van der Waals surface area (Å²) in [7, 11) is 0. The van der Waals surface area contributed by atoms with E-state index in [0.29, 0.717) is 52.6 Å². The quantitative estimate of drug-likeness (QED) is 0.714. The molecule has 3 aliphatic rings. The zero-order chi connectivity index (χ0) is 15.4. The van der Waals surface area contributed by atoms with Crippen molar-refractivity contribution >= 4 is 11.8 Å². The molecule has 2 amide bonds. The number of ether oxygens (including phenoxy) is 2. The van der Waals surface area contributed by atoms with Crippen LogP contribution in [0.15, 0.2) is 0 Å². The number of nitrogens with one attached hydrogen (secondary N) is 1. The van der Waals surface area contributed by atoms with Gasteiger partial charge in [0.15, 0.2) is 0 Å². The lowest BCUT2D eigenvalue weighted by Crippen LogP contribution is -2.56. The van der Waals surface area contributed by atoms with Gasteiger partial charge < -0.3 is 24.6 Å². The largest absolute Gasteiger partial charge is 0.378 e. The molecule has 7 heteroatoms. The normalized spacial score (nSPS) is 30.2. The fourth-order valence-corrected chi connectivity index (χ4v) is 3.37. The lowest BCUT2D eigenvalue weighted by atomic mass is 9.95. The Hall–Kier alpha value is -1.18. The number of rotatable bonds is 2. The van der Waals surface area contributed by atoms with Crippen LogP contribution in [0.25, 0.3) is 0 Å². The number of amides is 2. The monoisotopic (exact) mass is 311 g/mol. The Morgan fingerprint density at radius 3 is 2.50 bits per heavy atom. The molecule has 3 aliphatic heterocycles. The van der Waals surface area contributed by atoms with Gasteiger partial charge in [0, 0.05) is 32.7 Å². The van der Waals surface area contributed by atoms with E-state index in [-0.39, 0.29) is 23.8 Å². The molecular formula is C15H25N3O4. The van der Waals surface area contributed by atoms with Crippen molar-refractivity contribution in [2.45, 2.75) is 18.9 Å². The van der Waals surface area contributed by atoms with Crippen molar-refractivity contribution in [3.8, 4) is 0 Å². The molecule has 124 valence electrons. The number of morpholine rings is 2. The molecule has 2 atom stereocenters. The number of piperidine rings is 1. The molecule has 0 radical (unpaired) electrons. The molecule has 0 aromatic carbocycles. The number of carbonyl (C=O) groups is 2. The molecule has 0 saturated carbocycles. The molecule has 0 spiro atoms. The van der Waals surface area contributed by atoms with Gasteiger partial charge in [-0.2, -0.15) is 0 Å². The molecule has 3 saturated heterocycles. The topological polar surface area (TPSA) is 71.1 Å². The minimum absolute atomic E-state index is 0.0687. The molecule has 7 nitrogen and oxygen atoms in total. The van der Waals surface area contributed by atoms with Gasteiger partial charge in [-0.1, -0.05) is 0 Å². The van der Waals surface area contributed by atoms with Gasteiger partial charge in [0.2, 0.25) is 11.8 Å². The van der Waals surface area contributed by atoms with Crippen LogP contribution in [-0.2, 0) is 19.1 Å². The molecule has 0 bridgehead atoms. The Labute approximate surface area is 130 Å². The highest BCUT2D eigenvalue weighted by Crippen LogP contribution is 2.20. The van der Waals surface area contributed by atoms with E-state index in [9.17, 15) is 9.59 Å². The highest BCUT2D eigenvalue weighted by Gasteiger charge is 2.34. The van der Waals surface area contributed by atoms with Crippen molar-refractivity contribution in [2.24, 2.45) is 5.92 Å². The lowest BCUT2D eigenvalue weighted by Gasteiger charge is -2.38. The summed E-state index contributed by atoms with van der Waals surface area (Å²) in [5, 5.41) is 3.20. The Morgan fingerprint density at radius 1 is 0.955 bits per heavy atom. The van der Waals surface area contributed by atoms with Crippen LogP contribution in [-0.4, -0.2) is 86.8 Å². The number of hydrogen-bond donors (Lipinski definition) is 1. The van der Waals surface area contributed by atoms with Crippen LogP contribution < -0.4 is 5.32 Å². The smallest absolute Gasteiger partial charge is 0.242 e. The summed E-state index contributed by atoms with van der Waals surface area (Å²) in [4.78, 5) is 28.8. The first-order chi connectivity index (χ1) is 10.8. The summed E-state index contributed by atoms with van der Waals surface area (Å²) in [5.41, 5.74) is 0. The van der Waals surface area contributed by atoms with E-state index < -0.39 is 0 Å². The van der Waals surface area contributed by atoms with Gasteiger partial charge in [-0.3, -0.25) is 9.59 Å². The van der Waals surface area contributed by atoms with Crippen LogP contribution in [0.1, 0.15) is 12.8 Å². The van der Waals surface area contributed by atoms with Crippen LogP contribution in [0.2, 0.25) is 0 Å². The van der Waals surface area contributed by atoms with Gasteiger partial charge >= 0.3 is 0 Å². The second kappa shape index (κ2) is 7.39. The Morgan fingerprint density at radius 2 is 1.77 bits per heavy atom. The molecular weight excluding hydrogens is 286 g/mol. The summed E-state index contributed by atoms with van der Waals surface area (Å²) in [6.07, 6.45) is 1.76. The van der Waals surface area contributed by atoms with Gasteiger partial charge in [-0.05, 0) is 12.8 Å². The van der Waals surface area contributed by atoms with Crippen LogP contribution in [0.3, 0.4) is 0 Å². The minimum atomic E-state index is -0.258. The third-order valence-corrected chi connectivity index (χ3v) is 4.62. The molecule has 0 aromatic heterocycles. The van der Waals surface area contributed by atoms with Crippen molar-refractivity contribution in [3.05, 3.63) is 0 Å². The van der Waals surface area contributed by atoms with E-state index in [1.165, 1.54) is 0 Å². The van der Waals surface area contributed by atoms with E-state index in [4.69, 9.17) is 9.47 Å². The zero-order valence-corrected chi connectivity index (χ0v) is 13.0. The van der Waals surface area contributed by atoms with Crippen LogP contribution in [0, 0.1) is 5.92 Å². The summed E-state index contributed by atoms with van der Waals surface area (Å²) in [6.45, 7) is 5.63. The Kier molecular flexibility index (Phi) is 5.28. The maximum atomic E-state index is 12.6. The minimum Gasteiger partial charge on any atom is -0.378 e. The average molecular weight is 311 g/mol. The second-order valence-electron chi connectivity index (χ2n) is 6.14. The van der Waals surface area contributed by atoms with Crippen molar-refractivity contribution in [1.29, 1.82) is 0 Å². The van der Waals surface area contributed by atoms with Crippen LogP contribution in [0.4, 0.5) is 0 Å². The first-order valence-electron chi connectivity index (χ1n) is 8.22. The molecule has 1 N–H and O–H groups in total. The molecule has 2 unspecified atom stereocenters. The lowest BCUT2D eigenvalue weighted by molar-refractivity contribution is -0.145. The van der Waals surface area contributed by atoms with Crippen molar-refractivity contribution < 1.29 is 19.1 Å². The summed E-state index contributed by atoms with van der Waals surface area (Å²) < 4.78 is 10.7. The number of hydrogen-bond acceptors (Lipinski definition) is 5. The highest BCUT2D eigenvalue weighted by molar-refractivity contribution is 5.84. The van der Waals surface area contributed by atoms with Crippen molar-refractivity contribution in [3.63, 3.8) is 0 Å². The number of carbonyl (C=O) groups excluding carboxylic acids is 2. The second-order valence-corrected chi connectivity index (χ2v) is 6.14. The van der Waals surface area contributed by atoms with Crippen molar-refractivity contribution in [2.75, 3.05) is 59.2 Å². The summed E-state index contributed by atoms with van der Waals surface area (Å²) in [5.74, 6) is 0.174. The standard InChI is InChI=1S/C15H25N3O4/c19-14(17-5-8-21-9-6-17)12-2-1-4-18(10-12)15(20)13-11-22-7-3-16-13/h12-13,16H,1-11H2. The molecule has 0 aromatic rings. The fraction of sp³-hybridized carbons (Fsp3) is 0.867. The van der Waals surface area contributed by atoms with Gasteiger partial charge in [-0.25, -0.2) is 0 Å². The van der Waals surface area contributed by atoms with Gasteiger partial charge in [0.05, 0.1) is 32.3 Å². The maximum absolute atomic E-state index is 12.6. The van der Waals surface area contributed by atoms with E-state index in [0.717, 1.165) is 19.4 Å². The summed E-state index contributed by atoms with van der Waals surface area (Å²) in [6, 6.07) is -0.258. The van der Waals surface area contributed by atoms with Gasteiger partial charge in [0.1, 0.15) is 6.04 Å². The third-order valence-electron chi connectivity index (χ3n) is 4.62. The molecule has 22 heavy (non-hydrogen) atoms. The Balaban J connectivity index is 1.56. The van der Waals surface area contributed by atoms with Gasteiger partial charge in [0.25, 0.3) is 0 Å². The van der Waals surface area contributed by atoms with Crippen LogP contribution >= 0.6 is 0 Å². The van der Waals surface area contributed by atoms with Crippen molar-refractivity contribution in [1.82, 2.24) is 15.1 Å². The van der Waals surface area contributed by atoms with E-state index in [1.54, 1.807) is 0 Å². The van der Waals surface area contributed by atoms with E-state index in [2.05, 4.69) is 5.32 Å². The Bertz CT molecular complexity index is 370. The van der Waals surface area contributed by atoms with Gasteiger partial charge in [-0.15, -0.1) is 0 Å².